The molecule has 0 unspecified atom stereocenters. The Bertz CT molecular complexity index is 1020. The monoisotopic (exact) mass is 393 g/mol. The smallest absolute Gasteiger partial charge is 0.291 e. The van der Waals surface area contributed by atoms with E-state index in [1.165, 1.54) is 0 Å². The van der Waals surface area contributed by atoms with Gasteiger partial charge in [-0.3, -0.25) is 14.5 Å². The second-order valence-corrected chi connectivity index (χ2v) is 7.02. The first-order chi connectivity index (χ1) is 14.1. The van der Waals surface area contributed by atoms with Gasteiger partial charge >= 0.3 is 0 Å². The van der Waals surface area contributed by atoms with Gasteiger partial charge in [0.05, 0.1) is 19.8 Å². The maximum atomic E-state index is 12.6. The number of fused-ring (bicyclic) bond motifs is 1. The van der Waals surface area contributed by atoms with E-state index in [0.29, 0.717) is 42.5 Å². The molecule has 2 N–H and O–H groups in total. The average molecular weight is 393 g/mol. The van der Waals surface area contributed by atoms with E-state index < -0.39 is 0 Å². The highest BCUT2D eigenvalue weighted by Crippen LogP contribution is 2.25. The zero-order valence-electron chi connectivity index (χ0n) is 16.2. The first kappa shape index (κ1) is 19.2. The van der Waals surface area contributed by atoms with Gasteiger partial charge in [0.2, 0.25) is 5.91 Å². The van der Waals surface area contributed by atoms with Crippen LogP contribution in [0.4, 0.5) is 11.4 Å². The Kier molecular flexibility index (Phi) is 5.59. The summed E-state index contributed by atoms with van der Waals surface area (Å²) in [7, 11) is 0. The number of anilines is 2. The summed E-state index contributed by atoms with van der Waals surface area (Å²) < 4.78 is 11.0. The zero-order chi connectivity index (χ0) is 20.2. The summed E-state index contributed by atoms with van der Waals surface area (Å²) in [4.78, 5) is 26.8. The van der Waals surface area contributed by atoms with Crippen LogP contribution in [0.2, 0.25) is 0 Å². The zero-order valence-corrected chi connectivity index (χ0v) is 16.2. The molecule has 0 spiro atoms. The van der Waals surface area contributed by atoms with Crippen LogP contribution in [0.25, 0.3) is 11.0 Å². The Balaban J connectivity index is 1.36. The molecule has 0 saturated carbocycles. The number of para-hydroxylation sites is 1. The van der Waals surface area contributed by atoms with E-state index in [1.54, 1.807) is 24.3 Å². The molecule has 150 valence electrons. The van der Waals surface area contributed by atoms with Crippen molar-refractivity contribution in [3.05, 3.63) is 59.9 Å². The molecule has 0 atom stereocenters. The van der Waals surface area contributed by atoms with Gasteiger partial charge < -0.3 is 19.8 Å². The van der Waals surface area contributed by atoms with E-state index in [9.17, 15) is 9.59 Å². The average Bonchev–Trinajstić information content (AvgIpc) is 3.07. The lowest BCUT2D eigenvalue weighted by Crippen LogP contribution is -2.41. The van der Waals surface area contributed by atoms with Crippen LogP contribution >= 0.6 is 0 Å². The van der Waals surface area contributed by atoms with E-state index in [4.69, 9.17) is 9.15 Å². The van der Waals surface area contributed by atoms with Crippen molar-refractivity contribution in [2.45, 2.75) is 6.92 Å². The molecular weight excluding hydrogens is 370 g/mol. The number of hydrogen-bond donors (Lipinski definition) is 2. The predicted molar refractivity (Wildman–Crippen MR) is 111 cm³/mol. The molecule has 4 rings (SSSR count). The number of morpholine rings is 1. The number of nitrogens with zero attached hydrogens (tertiary/aromatic N) is 1. The third-order valence-corrected chi connectivity index (χ3v) is 4.95. The summed E-state index contributed by atoms with van der Waals surface area (Å²) in [5.41, 5.74) is 2.81. The third-order valence-electron chi connectivity index (χ3n) is 4.95. The van der Waals surface area contributed by atoms with Gasteiger partial charge in [-0.1, -0.05) is 18.2 Å². The van der Waals surface area contributed by atoms with E-state index in [-0.39, 0.29) is 11.8 Å². The SMILES string of the molecule is Cc1c(C(=O)Nc2ccc(NC(=O)CN3CCOCC3)cc2)oc2ccccc12. The largest absolute Gasteiger partial charge is 0.451 e. The van der Waals surface area contributed by atoms with Crippen LogP contribution in [0.1, 0.15) is 16.1 Å². The van der Waals surface area contributed by atoms with E-state index in [1.807, 2.05) is 31.2 Å². The maximum absolute atomic E-state index is 12.6. The fourth-order valence-corrected chi connectivity index (χ4v) is 3.38. The number of nitrogens with one attached hydrogen (secondary N) is 2. The molecule has 7 nitrogen and oxygen atoms in total. The van der Waals surface area contributed by atoms with Gasteiger partial charge in [0.25, 0.3) is 5.91 Å². The van der Waals surface area contributed by atoms with Gasteiger partial charge in [-0.15, -0.1) is 0 Å². The number of furan rings is 1. The first-order valence-corrected chi connectivity index (χ1v) is 9.59. The second-order valence-electron chi connectivity index (χ2n) is 7.02. The number of aryl methyl sites for hydroxylation is 1. The Morgan fingerprint density at radius 2 is 1.62 bits per heavy atom. The van der Waals surface area contributed by atoms with Crippen molar-refractivity contribution >= 4 is 34.2 Å². The minimum Gasteiger partial charge on any atom is -0.451 e. The molecule has 0 bridgehead atoms. The van der Waals surface area contributed by atoms with Crippen molar-refractivity contribution in [1.29, 1.82) is 0 Å². The molecule has 3 aromatic rings. The van der Waals surface area contributed by atoms with Gasteiger partial charge in [0, 0.05) is 35.4 Å². The van der Waals surface area contributed by atoms with Gasteiger partial charge in [0.1, 0.15) is 5.58 Å². The molecule has 2 amide bonds. The number of ether oxygens (including phenoxy) is 1. The molecule has 2 heterocycles. The molecule has 2 aromatic carbocycles. The van der Waals surface area contributed by atoms with Crippen molar-refractivity contribution in [3.8, 4) is 0 Å². The summed E-state index contributed by atoms with van der Waals surface area (Å²) in [6, 6.07) is 14.6. The first-order valence-electron chi connectivity index (χ1n) is 9.59. The quantitative estimate of drug-likeness (QED) is 0.695. The fourth-order valence-electron chi connectivity index (χ4n) is 3.38. The number of carbonyl (C=O) groups is 2. The number of carbonyl (C=O) groups excluding carboxylic acids is 2. The highest BCUT2D eigenvalue weighted by molar-refractivity contribution is 6.06. The van der Waals surface area contributed by atoms with Crippen LogP contribution in [0.3, 0.4) is 0 Å². The van der Waals surface area contributed by atoms with Crippen LogP contribution in [-0.4, -0.2) is 49.6 Å². The standard InChI is InChI=1S/C22H23N3O4/c1-15-18-4-2-3-5-19(18)29-21(15)22(27)24-17-8-6-16(7-9-17)23-20(26)14-25-10-12-28-13-11-25/h2-9H,10-14H2,1H3,(H,23,26)(H,24,27). The minimum absolute atomic E-state index is 0.0680. The highest BCUT2D eigenvalue weighted by atomic mass is 16.5. The fraction of sp³-hybridized carbons (Fsp3) is 0.273. The molecule has 7 heteroatoms. The molecular formula is C22H23N3O4. The molecule has 1 aliphatic heterocycles. The Morgan fingerprint density at radius 3 is 2.31 bits per heavy atom. The van der Waals surface area contributed by atoms with Crippen LogP contribution in [-0.2, 0) is 9.53 Å². The van der Waals surface area contributed by atoms with Crippen molar-refractivity contribution in [2.75, 3.05) is 43.5 Å². The lowest BCUT2D eigenvalue weighted by Gasteiger charge is -2.25. The molecule has 0 radical (unpaired) electrons. The normalized spacial score (nSPS) is 14.7. The maximum Gasteiger partial charge on any atom is 0.291 e. The number of hydrogen-bond acceptors (Lipinski definition) is 5. The number of amides is 2. The molecule has 0 aliphatic carbocycles. The summed E-state index contributed by atoms with van der Waals surface area (Å²) >= 11 is 0. The molecule has 29 heavy (non-hydrogen) atoms. The third kappa shape index (κ3) is 4.47. The van der Waals surface area contributed by atoms with Gasteiger partial charge in [0.15, 0.2) is 5.76 Å². The van der Waals surface area contributed by atoms with Crippen LogP contribution < -0.4 is 10.6 Å². The lowest BCUT2D eigenvalue weighted by atomic mass is 10.1. The number of rotatable bonds is 5. The van der Waals surface area contributed by atoms with Crippen LogP contribution in [0.5, 0.6) is 0 Å². The Labute approximate surface area is 168 Å². The van der Waals surface area contributed by atoms with Gasteiger partial charge in [-0.25, -0.2) is 0 Å². The van der Waals surface area contributed by atoms with Crippen molar-refractivity contribution in [2.24, 2.45) is 0 Å². The molecule has 1 aliphatic rings. The molecule has 1 aromatic heterocycles. The highest BCUT2D eigenvalue weighted by Gasteiger charge is 2.18. The summed E-state index contributed by atoms with van der Waals surface area (Å²) in [5, 5.41) is 6.64. The summed E-state index contributed by atoms with van der Waals surface area (Å²) in [6.45, 7) is 5.05. The summed E-state index contributed by atoms with van der Waals surface area (Å²) in [5.74, 6) is -0.0709. The van der Waals surface area contributed by atoms with E-state index in [2.05, 4.69) is 15.5 Å². The summed E-state index contributed by atoms with van der Waals surface area (Å²) in [6.07, 6.45) is 0. The topological polar surface area (TPSA) is 83.8 Å². The predicted octanol–water partition coefficient (Wildman–Crippen LogP) is 3.26. The number of benzene rings is 2. The minimum atomic E-state index is -0.303. The lowest BCUT2D eigenvalue weighted by molar-refractivity contribution is -0.118. The van der Waals surface area contributed by atoms with Crippen molar-refractivity contribution in [1.82, 2.24) is 4.90 Å². The second kappa shape index (κ2) is 8.46. The Hall–Kier alpha value is -3.16. The van der Waals surface area contributed by atoms with E-state index in [0.717, 1.165) is 24.0 Å². The van der Waals surface area contributed by atoms with Gasteiger partial charge in [-0.05, 0) is 37.3 Å². The van der Waals surface area contributed by atoms with Crippen molar-refractivity contribution in [3.63, 3.8) is 0 Å². The molecule has 1 saturated heterocycles. The van der Waals surface area contributed by atoms with Gasteiger partial charge in [-0.2, -0.15) is 0 Å². The van der Waals surface area contributed by atoms with Crippen LogP contribution in [0, 0.1) is 6.92 Å². The van der Waals surface area contributed by atoms with E-state index >= 15 is 0 Å². The Morgan fingerprint density at radius 1 is 0.966 bits per heavy atom. The van der Waals surface area contributed by atoms with Crippen LogP contribution in [0.15, 0.2) is 52.9 Å². The molecule has 1 fully saturated rings. The van der Waals surface area contributed by atoms with Crippen molar-refractivity contribution < 1.29 is 18.7 Å².